The fourth-order valence-corrected chi connectivity index (χ4v) is 1.92. The zero-order chi connectivity index (χ0) is 9.26. The first-order valence-corrected chi connectivity index (χ1v) is 4.71. The third kappa shape index (κ3) is 1.51. The van der Waals surface area contributed by atoms with Crippen molar-refractivity contribution in [1.29, 1.82) is 0 Å². The molecular formula is C10H8O2S. The van der Waals surface area contributed by atoms with Crippen molar-refractivity contribution in [1.82, 2.24) is 0 Å². The number of phenols is 2. The maximum Gasteiger partial charge on any atom is 0.127 e. The second-order valence-electron chi connectivity index (χ2n) is 2.68. The molecule has 0 spiro atoms. The van der Waals surface area contributed by atoms with E-state index in [9.17, 15) is 5.11 Å². The molecular weight excluding hydrogens is 184 g/mol. The maximum absolute atomic E-state index is 9.51. The minimum atomic E-state index is 0.0813. The second-order valence-corrected chi connectivity index (χ2v) is 3.63. The highest BCUT2D eigenvalue weighted by Crippen LogP contribution is 2.34. The summed E-state index contributed by atoms with van der Waals surface area (Å²) in [7, 11) is 0. The van der Waals surface area contributed by atoms with Crippen molar-refractivity contribution < 1.29 is 10.2 Å². The summed E-state index contributed by atoms with van der Waals surface area (Å²) >= 11 is 1.55. The maximum atomic E-state index is 9.51. The normalized spacial score (nSPS) is 10.2. The molecule has 0 atom stereocenters. The van der Waals surface area contributed by atoms with Gasteiger partial charge in [-0.15, -0.1) is 11.3 Å². The van der Waals surface area contributed by atoms with Gasteiger partial charge in [0.05, 0.1) is 0 Å². The molecule has 0 aliphatic carbocycles. The number of phenolic OH excluding ortho intramolecular Hbond substituents is 2. The van der Waals surface area contributed by atoms with E-state index >= 15 is 0 Å². The predicted molar refractivity (Wildman–Crippen MR) is 53.1 cm³/mol. The van der Waals surface area contributed by atoms with Crippen LogP contribution in [0.15, 0.2) is 35.7 Å². The van der Waals surface area contributed by atoms with E-state index in [1.165, 1.54) is 6.07 Å². The van der Waals surface area contributed by atoms with Gasteiger partial charge in [0.15, 0.2) is 0 Å². The number of rotatable bonds is 1. The number of hydrogen-bond donors (Lipinski definition) is 2. The van der Waals surface area contributed by atoms with Crippen LogP contribution in [-0.4, -0.2) is 10.2 Å². The van der Waals surface area contributed by atoms with Gasteiger partial charge in [-0.3, -0.25) is 0 Å². The first-order valence-electron chi connectivity index (χ1n) is 3.83. The summed E-state index contributed by atoms with van der Waals surface area (Å²) < 4.78 is 0. The van der Waals surface area contributed by atoms with Crippen LogP contribution in [0.4, 0.5) is 0 Å². The highest BCUT2D eigenvalue weighted by atomic mass is 32.1. The molecule has 0 unspecified atom stereocenters. The number of hydrogen-bond acceptors (Lipinski definition) is 3. The van der Waals surface area contributed by atoms with Gasteiger partial charge in [-0.2, -0.15) is 0 Å². The van der Waals surface area contributed by atoms with E-state index in [1.54, 1.807) is 23.5 Å². The van der Waals surface area contributed by atoms with Crippen molar-refractivity contribution in [2.45, 2.75) is 0 Å². The van der Waals surface area contributed by atoms with Gasteiger partial charge in [0.1, 0.15) is 11.5 Å². The van der Waals surface area contributed by atoms with Gasteiger partial charge in [0.25, 0.3) is 0 Å². The Bertz CT molecular complexity index is 407. The molecule has 0 radical (unpaired) electrons. The number of thiophene rings is 1. The Labute approximate surface area is 79.7 Å². The Morgan fingerprint density at radius 2 is 1.92 bits per heavy atom. The Morgan fingerprint density at radius 1 is 1.08 bits per heavy atom. The van der Waals surface area contributed by atoms with E-state index in [0.717, 1.165) is 10.4 Å². The van der Waals surface area contributed by atoms with Crippen LogP contribution in [0.3, 0.4) is 0 Å². The molecule has 0 aliphatic rings. The van der Waals surface area contributed by atoms with Crippen LogP contribution in [0.25, 0.3) is 10.4 Å². The molecule has 1 heterocycles. The molecule has 0 saturated carbocycles. The van der Waals surface area contributed by atoms with Gasteiger partial charge in [0.2, 0.25) is 0 Å². The molecule has 3 heteroatoms. The topological polar surface area (TPSA) is 40.5 Å². The second kappa shape index (κ2) is 3.11. The molecule has 1 aromatic heterocycles. The molecule has 0 saturated heterocycles. The zero-order valence-electron chi connectivity index (χ0n) is 6.77. The van der Waals surface area contributed by atoms with E-state index in [2.05, 4.69) is 0 Å². The average Bonchev–Trinajstić information content (AvgIpc) is 2.56. The van der Waals surface area contributed by atoms with Gasteiger partial charge >= 0.3 is 0 Å². The van der Waals surface area contributed by atoms with Crippen molar-refractivity contribution in [3.8, 4) is 21.9 Å². The van der Waals surface area contributed by atoms with Crippen molar-refractivity contribution in [2.75, 3.05) is 0 Å². The van der Waals surface area contributed by atoms with E-state index < -0.39 is 0 Å². The van der Waals surface area contributed by atoms with Gasteiger partial charge in [-0.1, -0.05) is 6.07 Å². The third-order valence-electron chi connectivity index (χ3n) is 1.77. The van der Waals surface area contributed by atoms with E-state index in [-0.39, 0.29) is 11.5 Å². The molecule has 2 aromatic rings. The standard InChI is InChI=1S/C10H8O2S/c11-7-3-4-8(9(12)6-7)10-2-1-5-13-10/h1-6,11-12H. The monoisotopic (exact) mass is 192 g/mol. The van der Waals surface area contributed by atoms with Crippen molar-refractivity contribution in [3.05, 3.63) is 35.7 Å². The summed E-state index contributed by atoms with van der Waals surface area (Å²) in [5, 5.41) is 20.5. The lowest BCUT2D eigenvalue weighted by Crippen LogP contribution is -1.73. The smallest absolute Gasteiger partial charge is 0.127 e. The fourth-order valence-electron chi connectivity index (χ4n) is 1.16. The molecule has 0 bridgehead atoms. The first kappa shape index (κ1) is 8.13. The molecule has 1 aromatic carbocycles. The van der Waals surface area contributed by atoms with Crippen LogP contribution in [0.5, 0.6) is 11.5 Å². The highest BCUT2D eigenvalue weighted by molar-refractivity contribution is 7.13. The van der Waals surface area contributed by atoms with Gasteiger partial charge in [-0.25, -0.2) is 0 Å². The molecule has 13 heavy (non-hydrogen) atoms. The van der Waals surface area contributed by atoms with Crippen molar-refractivity contribution in [3.63, 3.8) is 0 Å². The fraction of sp³-hybridized carbons (Fsp3) is 0. The predicted octanol–water partition coefficient (Wildman–Crippen LogP) is 2.83. The van der Waals surface area contributed by atoms with Crippen LogP contribution < -0.4 is 0 Å². The minimum absolute atomic E-state index is 0.0813. The Hall–Kier alpha value is -1.48. The van der Waals surface area contributed by atoms with Crippen molar-refractivity contribution in [2.24, 2.45) is 0 Å². The lowest BCUT2D eigenvalue weighted by atomic mass is 10.1. The quantitative estimate of drug-likeness (QED) is 0.729. The van der Waals surface area contributed by atoms with Crippen LogP contribution in [-0.2, 0) is 0 Å². The zero-order valence-corrected chi connectivity index (χ0v) is 7.58. The van der Waals surface area contributed by atoms with Crippen LogP contribution in [0, 0.1) is 0 Å². The summed E-state index contributed by atoms with van der Waals surface area (Å²) in [4.78, 5) is 0.998. The Balaban J connectivity index is 2.53. The van der Waals surface area contributed by atoms with E-state index in [1.807, 2.05) is 17.5 Å². The molecule has 0 amide bonds. The molecule has 0 aliphatic heterocycles. The lowest BCUT2D eigenvalue weighted by Gasteiger charge is -2.01. The van der Waals surface area contributed by atoms with Gasteiger partial charge in [0, 0.05) is 16.5 Å². The Kier molecular flexibility index (Phi) is 1.94. The van der Waals surface area contributed by atoms with Crippen LogP contribution in [0.2, 0.25) is 0 Å². The molecule has 2 N–H and O–H groups in total. The largest absolute Gasteiger partial charge is 0.508 e. The molecule has 0 fully saturated rings. The van der Waals surface area contributed by atoms with Gasteiger partial charge < -0.3 is 10.2 Å². The lowest BCUT2D eigenvalue weighted by molar-refractivity contribution is 0.452. The Morgan fingerprint density at radius 3 is 2.54 bits per heavy atom. The number of benzene rings is 1. The average molecular weight is 192 g/mol. The summed E-state index contributed by atoms with van der Waals surface area (Å²) in [6.07, 6.45) is 0. The summed E-state index contributed by atoms with van der Waals surface area (Å²) in [5.74, 6) is 0.195. The van der Waals surface area contributed by atoms with Crippen LogP contribution >= 0.6 is 11.3 Å². The summed E-state index contributed by atoms with van der Waals surface area (Å²) in [5.41, 5.74) is 0.757. The first-order chi connectivity index (χ1) is 6.27. The number of aromatic hydroxyl groups is 2. The molecule has 2 nitrogen and oxygen atoms in total. The van der Waals surface area contributed by atoms with E-state index in [4.69, 9.17) is 5.11 Å². The van der Waals surface area contributed by atoms with E-state index in [0.29, 0.717) is 0 Å². The molecule has 66 valence electrons. The third-order valence-corrected chi connectivity index (χ3v) is 2.67. The minimum Gasteiger partial charge on any atom is -0.508 e. The highest BCUT2D eigenvalue weighted by Gasteiger charge is 2.04. The SMILES string of the molecule is Oc1ccc(-c2cccs2)c(O)c1. The van der Waals surface area contributed by atoms with Gasteiger partial charge in [-0.05, 0) is 23.6 Å². The summed E-state index contributed by atoms with van der Waals surface area (Å²) in [6, 6.07) is 8.46. The summed E-state index contributed by atoms with van der Waals surface area (Å²) in [6.45, 7) is 0. The van der Waals surface area contributed by atoms with Crippen LogP contribution in [0.1, 0.15) is 0 Å². The molecule has 2 rings (SSSR count). The van der Waals surface area contributed by atoms with Crippen molar-refractivity contribution >= 4 is 11.3 Å².